The van der Waals surface area contributed by atoms with E-state index in [4.69, 9.17) is 5.26 Å². The van der Waals surface area contributed by atoms with Gasteiger partial charge in [0, 0.05) is 12.2 Å². The second-order valence-corrected chi connectivity index (χ2v) is 4.09. The van der Waals surface area contributed by atoms with Gasteiger partial charge in [-0.2, -0.15) is 17.0 Å². The van der Waals surface area contributed by atoms with Crippen LogP contribution in [0.1, 0.15) is 17.8 Å². The summed E-state index contributed by atoms with van der Waals surface area (Å²) in [6, 6.07) is 3.69. The molecular formula is C10H14N4S. The summed E-state index contributed by atoms with van der Waals surface area (Å²) in [5.41, 5.74) is 1.23. The largest absolute Gasteiger partial charge is 0.354 e. The average molecular weight is 222 g/mol. The van der Waals surface area contributed by atoms with E-state index in [1.807, 2.05) is 24.8 Å². The first-order chi connectivity index (χ1) is 7.26. The van der Waals surface area contributed by atoms with Crippen LogP contribution in [-0.2, 0) is 0 Å². The first kappa shape index (κ1) is 11.8. The molecule has 0 aliphatic carbocycles. The van der Waals surface area contributed by atoms with Crippen molar-refractivity contribution in [1.82, 2.24) is 9.97 Å². The van der Waals surface area contributed by atoms with Crippen LogP contribution in [-0.4, -0.2) is 28.5 Å². The summed E-state index contributed by atoms with van der Waals surface area (Å²) < 4.78 is 0. The third-order valence-electron chi connectivity index (χ3n) is 1.78. The molecule has 0 fully saturated rings. The molecule has 15 heavy (non-hydrogen) atoms. The fraction of sp³-hybridized carbons (Fsp3) is 0.500. The van der Waals surface area contributed by atoms with Crippen LogP contribution >= 0.6 is 11.8 Å². The molecule has 0 spiro atoms. The smallest absolute Gasteiger partial charge is 0.224 e. The van der Waals surface area contributed by atoms with Gasteiger partial charge in [0.25, 0.3) is 0 Å². The molecule has 4 nitrogen and oxygen atoms in total. The van der Waals surface area contributed by atoms with E-state index in [0.717, 1.165) is 24.4 Å². The van der Waals surface area contributed by atoms with Gasteiger partial charge >= 0.3 is 0 Å². The Kier molecular flexibility index (Phi) is 4.91. The molecule has 1 aromatic heterocycles. The van der Waals surface area contributed by atoms with Gasteiger partial charge in [-0.3, -0.25) is 0 Å². The zero-order valence-electron chi connectivity index (χ0n) is 8.95. The van der Waals surface area contributed by atoms with Crippen molar-refractivity contribution < 1.29 is 0 Å². The van der Waals surface area contributed by atoms with E-state index >= 15 is 0 Å². The number of nitriles is 1. The third-order valence-corrected chi connectivity index (χ3v) is 2.47. The lowest BCUT2D eigenvalue weighted by atomic mass is 10.3. The van der Waals surface area contributed by atoms with E-state index in [1.165, 1.54) is 0 Å². The number of aryl methyl sites for hydroxylation is 1. The number of nitrogens with zero attached hydrogens (tertiary/aromatic N) is 3. The fourth-order valence-corrected chi connectivity index (χ4v) is 1.55. The summed E-state index contributed by atoms with van der Waals surface area (Å²) in [6.07, 6.45) is 3.15. The fourth-order valence-electron chi connectivity index (χ4n) is 1.12. The molecule has 0 aliphatic heterocycles. The average Bonchev–Trinajstić information content (AvgIpc) is 2.23. The van der Waals surface area contributed by atoms with Crippen molar-refractivity contribution in [2.45, 2.75) is 13.3 Å². The molecule has 1 heterocycles. The van der Waals surface area contributed by atoms with Gasteiger partial charge in [0.1, 0.15) is 11.8 Å². The lowest BCUT2D eigenvalue weighted by Crippen LogP contribution is -2.07. The van der Waals surface area contributed by atoms with Crippen LogP contribution in [0.5, 0.6) is 0 Å². The summed E-state index contributed by atoms with van der Waals surface area (Å²) in [5.74, 6) is 1.66. The zero-order valence-corrected chi connectivity index (χ0v) is 9.77. The molecule has 0 aromatic carbocycles. The predicted molar refractivity (Wildman–Crippen MR) is 63.0 cm³/mol. The number of thioether (sulfide) groups is 1. The van der Waals surface area contributed by atoms with Crippen LogP contribution in [0.2, 0.25) is 0 Å². The van der Waals surface area contributed by atoms with Crippen molar-refractivity contribution in [2.24, 2.45) is 0 Å². The Morgan fingerprint density at radius 2 is 2.33 bits per heavy atom. The van der Waals surface area contributed by atoms with Crippen molar-refractivity contribution in [2.75, 3.05) is 23.9 Å². The maximum absolute atomic E-state index is 8.72. The van der Waals surface area contributed by atoms with E-state index in [-0.39, 0.29) is 0 Å². The van der Waals surface area contributed by atoms with Gasteiger partial charge in [-0.25, -0.2) is 9.97 Å². The first-order valence-electron chi connectivity index (χ1n) is 4.75. The number of rotatable bonds is 5. The summed E-state index contributed by atoms with van der Waals surface area (Å²) >= 11 is 1.81. The predicted octanol–water partition coefficient (Wildman–Crippen LogP) is 1.82. The lowest BCUT2D eigenvalue weighted by Gasteiger charge is -2.04. The minimum Gasteiger partial charge on any atom is -0.354 e. The minimum atomic E-state index is 0.412. The van der Waals surface area contributed by atoms with Gasteiger partial charge < -0.3 is 5.32 Å². The van der Waals surface area contributed by atoms with Crippen molar-refractivity contribution in [1.29, 1.82) is 5.26 Å². The SMILES string of the molecule is CSCCCNc1nc(C)cc(C#N)n1. The van der Waals surface area contributed by atoms with Crippen LogP contribution < -0.4 is 5.32 Å². The van der Waals surface area contributed by atoms with Gasteiger partial charge in [-0.05, 0) is 31.4 Å². The highest BCUT2D eigenvalue weighted by molar-refractivity contribution is 7.98. The van der Waals surface area contributed by atoms with Crippen molar-refractivity contribution >= 4 is 17.7 Å². The summed E-state index contributed by atoms with van der Waals surface area (Å²) in [4.78, 5) is 8.26. The minimum absolute atomic E-state index is 0.412. The van der Waals surface area contributed by atoms with E-state index in [1.54, 1.807) is 6.07 Å². The molecule has 1 aromatic rings. The Morgan fingerprint density at radius 3 is 3.00 bits per heavy atom. The van der Waals surface area contributed by atoms with Crippen molar-refractivity contribution in [3.63, 3.8) is 0 Å². The Hall–Kier alpha value is -1.28. The van der Waals surface area contributed by atoms with Gasteiger partial charge in [-0.15, -0.1) is 0 Å². The number of hydrogen-bond donors (Lipinski definition) is 1. The molecule has 80 valence electrons. The molecule has 0 bridgehead atoms. The Bertz CT molecular complexity index is 359. The van der Waals surface area contributed by atoms with Gasteiger partial charge in [0.05, 0.1) is 0 Å². The van der Waals surface area contributed by atoms with Crippen LogP contribution in [0.25, 0.3) is 0 Å². The summed E-state index contributed by atoms with van der Waals surface area (Å²) in [5, 5.41) is 11.8. The van der Waals surface area contributed by atoms with Crippen LogP contribution in [0.15, 0.2) is 6.07 Å². The molecule has 0 amide bonds. The standard InChI is InChI=1S/C10H14N4S/c1-8-6-9(7-11)14-10(13-8)12-4-3-5-15-2/h6H,3-5H2,1-2H3,(H,12,13,14). The summed E-state index contributed by atoms with van der Waals surface area (Å²) in [7, 11) is 0. The molecule has 0 radical (unpaired) electrons. The molecule has 0 saturated carbocycles. The Balaban J connectivity index is 2.54. The van der Waals surface area contributed by atoms with E-state index in [0.29, 0.717) is 11.6 Å². The second-order valence-electron chi connectivity index (χ2n) is 3.10. The topological polar surface area (TPSA) is 61.6 Å². The van der Waals surface area contributed by atoms with Crippen molar-refractivity contribution in [3.8, 4) is 6.07 Å². The van der Waals surface area contributed by atoms with Crippen LogP contribution in [0, 0.1) is 18.3 Å². The Morgan fingerprint density at radius 1 is 1.53 bits per heavy atom. The Labute approximate surface area is 94.1 Å². The molecule has 0 saturated heterocycles. The number of nitrogens with one attached hydrogen (secondary N) is 1. The van der Waals surface area contributed by atoms with Gasteiger partial charge in [0.2, 0.25) is 5.95 Å². The highest BCUT2D eigenvalue weighted by Gasteiger charge is 2.00. The number of aromatic nitrogens is 2. The quantitative estimate of drug-likeness (QED) is 0.770. The zero-order chi connectivity index (χ0) is 11.1. The molecular weight excluding hydrogens is 208 g/mol. The highest BCUT2D eigenvalue weighted by atomic mass is 32.2. The second kappa shape index (κ2) is 6.25. The van der Waals surface area contributed by atoms with Crippen LogP contribution in [0.4, 0.5) is 5.95 Å². The van der Waals surface area contributed by atoms with Gasteiger partial charge in [-0.1, -0.05) is 0 Å². The lowest BCUT2D eigenvalue weighted by molar-refractivity contribution is 0.952. The van der Waals surface area contributed by atoms with E-state index in [2.05, 4.69) is 21.5 Å². The molecule has 0 atom stereocenters. The number of anilines is 1. The third kappa shape index (κ3) is 4.17. The number of hydrogen-bond acceptors (Lipinski definition) is 5. The first-order valence-corrected chi connectivity index (χ1v) is 6.14. The van der Waals surface area contributed by atoms with Crippen LogP contribution in [0.3, 0.4) is 0 Å². The van der Waals surface area contributed by atoms with E-state index < -0.39 is 0 Å². The monoisotopic (exact) mass is 222 g/mol. The molecule has 1 rings (SSSR count). The highest BCUT2D eigenvalue weighted by Crippen LogP contribution is 2.04. The van der Waals surface area contributed by atoms with Gasteiger partial charge in [0.15, 0.2) is 0 Å². The molecule has 0 aliphatic rings. The molecule has 5 heteroatoms. The normalized spacial score (nSPS) is 9.67. The maximum atomic E-state index is 8.72. The maximum Gasteiger partial charge on any atom is 0.224 e. The molecule has 0 unspecified atom stereocenters. The molecule has 1 N–H and O–H groups in total. The van der Waals surface area contributed by atoms with Crippen molar-refractivity contribution in [3.05, 3.63) is 17.5 Å². The van der Waals surface area contributed by atoms with E-state index in [9.17, 15) is 0 Å². The summed E-state index contributed by atoms with van der Waals surface area (Å²) in [6.45, 7) is 2.70.